The van der Waals surface area contributed by atoms with Gasteiger partial charge in [-0.2, -0.15) is 5.10 Å². The Bertz CT molecular complexity index is 948. The highest BCUT2D eigenvalue weighted by Crippen LogP contribution is 2.33. The van der Waals surface area contributed by atoms with Crippen LogP contribution in [0.3, 0.4) is 0 Å². The third kappa shape index (κ3) is 4.08. The molecule has 0 saturated heterocycles. The Labute approximate surface area is 162 Å². The van der Waals surface area contributed by atoms with Gasteiger partial charge in [-0.25, -0.2) is 5.43 Å². The van der Waals surface area contributed by atoms with Crippen molar-refractivity contribution in [1.82, 2.24) is 5.43 Å². The molecule has 0 radical (unpaired) electrons. The fourth-order valence-electron chi connectivity index (χ4n) is 2.41. The van der Waals surface area contributed by atoms with Gasteiger partial charge in [0.05, 0.1) is 22.3 Å². The Hall–Kier alpha value is -2.18. The fourth-order valence-corrected chi connectivity index (χ4v) is 3.96. The van der Waals surface area contributed by atoms with Crippen LogP contribution in [0.2, 0.25) is 0 Å². The monoisotopic (exact) mass is 460 g/mol. The number of ether oxygens (including phenoxy) is 1. The van der Waals surface area contributed by atoms with Crippen molar-refractivity contribution >= 4 is 54.8 Å². The minimum atomic E-state index is -0.256. The van der Waals surface area contributed by atoms with Crippen molar-refractivity contribution in [3.63, 3.8) is 0 Å². The molecule has 3 aromatic rings. The maximum Gasteiger partial charge on any atom is 0.271 e. The molecule has 0 unspecified atom stereocenters. The molecule has 0 aliphatic heterocycles. The van der Waals surface area contributed by atoms with Crippen LogP contribution in [0.1, 0.15) is 15.9 Å². The van der Waals surface area contributed by atoms with E-state index < -0.39 is 0 Å². The van der Waals surface area contributed by atoms with Crippen molar-refractivity contribution in [2.75, 3.05) is 7.11 Å². The number of hydrogen-bond donors (Lipinski definition) is 1. The standard InChI is InChI=1S/C19H14Br2N2O2/c1-25-18-16(20)8-12(9-17(18)21)11-22-23-19(24)15-7-6-13-4-2-3-5-14(13)10-15/h2-11H,1H3,(H,23,24)/b22-11-. The minimum Gasteiger partial charge on any atom is -0.494 e. The summed E-state index contributed by atoms with van der Waals surface area (Å²) in [7, 11) is 1.60. The Balaban J connectivity index is 1.74. The number of nitrogens with zero attached hydrogens (tertiary/aromatic N) is 1. The van der Waals surface area contributed by atoms with Gasteiger partial charge in [0.2, 0.25) is 0 Å². The number of nitrogens with one attached hydrogen (secondary N) is 1. The van der Waals surface area contributed by atoms with Crippen molar-refractivity contribution in [1.29, 1.82) is 0 Å². The summed E-state index contributed by atoms with van der Waals surface area (Å²) in [5.41, 5.74) is 3.93. The maximum atomic E-state index is 12.2. The van der Waals surface area contributed by atoms with Crippen molar-refractivity contribution in [3.8, 4) is 5.75 Å². The highest BCUT2D eigenvalue weighted by atomic mass is 79.9. The van der Waals surface area contributed by atoms with E-state index >= 15 is 0 Å². The molecular weight excluding hydrogens is 448 g/mol. The normalized spacial score (nSPS) is 11.0. The molecule has 1 amide bonds. The van der Waals surface area contributed by atoms with Gasteiger partial charge in [-0.05, 0) is 72.5 Å². The summed E-state index contributed by atoms with van der Waals surface area (Å²) in [6.45, 7) is 0. The van der Waals surface area contributed by atoms with E-state index in [0.29, 0.717) is 11.3 Å². The van der Waals surface area contributed by atoms with Crippen molar-refractivity contribution in [3.05, 3.63) is 74.7 Å². The lowest BCUT2D eigenvalue weighted by atomic mass is 10.1. The van der Waals surface area contributed by atoms with E-state index in [-0.39, 0.29) is 5.91 Å². The maximum absolute atomic E-state index is 12.2. The Morgan fingerprint density at radius 3 is 2.40 bits per heavy atom. The van der Waals surface area contributed by atoms with Crippen LogP contribution in [0.15, 0.2) is 68.6 Å². The second-order valence-electron chi connectivity index (χ2n) is 5.28. The van der Waals surface area contributed by atoms with Crippen LogP contribution in [0.5, 0.6) is 5.75 Å². The number of benzene rings is 3. The zero-order valence-electron chi connectivity index (χ0n) is 13.3. The van der Waals surface area contributed by atoms with E-state index in [0.717, 1.165) is 25.3 Å². The molecule has 0 aliphatic carbocycles. The number of carbonyl (C=O) groups excluding carboxylic acids is 1. The van der Waals surface area contributed by atoms with E-state index in [1.807, 2.05) is 48.5 Å². The second-order valence-corrected chi connectivity index (χ2v) is 6.99. The molecule has 0 saturated carbocycles. The predicted octanol–water partition coefficient (Wildman–Crippen LogP) is 5.14. The smallest absolute Gasteiger partial charge is 0.271 e. The third-order valence-electron chi connectivity index (χ3n) is 3.62. The lowest BCUT2D eigenvalue weighted by Gasteiger charge is -2.07. The van der Waals surface area contributed by atoms with Crippen LogP contribution in [0.25, 0.3) is 10.8 Å². The number of carbonyl (C=O) groups is 1. The van der Waals surface area contributed by atoms with Gasteiger partial charge in [0.15, 0.2) is 0 Å². The number of hydrazone groups is 1. The third-order valence-corrected chi connectivity index (χ3v) is 4.79. The van der Waals surface area contributed by atoms with Gasteiger partial charge in [0, 0.05) is 5.56 Å². The van der Waals surface area contributed by atoms with Crippen LogP contribution in [0.4, 0.5) is 0 Å². The predicted molar refractivity (Wildman–Crippen MR) is 107 cm³/mol. The Kier molecular flexibility index (Phi) is 5.50. The molecular formula is C19H14Br2N2O2. The lowest BCUT2D eigenvalue weighted by molar-refractivity contribution is 0.0955. The summed E-state index contributed by atoms with van der Waals surface area (Å²) in [6.07, 6.45) is 1.58. The molecule has 1 N–H and O–H groups in total. The van der Waals surface area contributed by atoms with Crippen molar-refractivity contribution in [2.24, 2.45) is 5.10 Å². The number of hydrogen-bond acceptors (Lipinski definition) is 3. The molecule has 0 atom stereocenters. The van der Waals surface area contributed by atoms with Gasteiger partial charge >= 0.3 is 0 Å². The van der Waals surface area contributed by atoms with E-state index in [1.54, 1.807) is 19.4 Å². The quantitative estimate of drug-likeness (QED) is 0.432. The minimum absolute atomic E-state index is 0.256. The highest BCUT2D eigenvalue weighted by molar-refractivity contribution is 9.11. The first-order chi connectivity index (χ1) is 12.1. The molecule has 4 nitrogen and oxygen atoms in total. The molecule has 0 fully saturated rings. The number of rotatable bonds is 4. The van der Waals surface area contributed by atoms with Crippen LogP contribution < -0.4 is 10.2 Å². The van der Waals surface area contributed by atoms with E-state index in [2.05, 4.69) is 42.4 Å². The molecule has 0 aliphatic rings. The average Bonchev–Trinajstić information content (AvgIpc) is 2.61. The molecule has 25 heavy (non-hydrogen) atoms. The zero-order valence-corrected chi connectivity index (χ0v) is 16.5. The molecule has 126 valence electrons. The van der Waals surface area contributed by atoms with E-state index in [9.17, 15) is 4.79 Å². The second kappa shape index (κ2) is 7.80. The summed E-state index contributed by atoms with van der Waals surface area (Å²) in [4.78, 5) is 12.2. The first-order valence-electron chi connectivity index (χ1n) is 7.44. The largest absolute Gasteiger partial charge is 0.494 e. The number of halogens is 2. The topological polar surface area (TPSA) is 50.7 Å². The van der Waals surface area contributed by atoms with Gasteiger partial charge in [0.1, 0.15) is 5.75 Å². The SMILES string of the molecule is COc1c(Br)cc(/C=N\NC(=O)c2ccc3ccccc3c2)cc1Br. The fraction of sp³-hybridized carbons (Fsp3) is 0.0526. The average molecular weight is 462 g/mol. The Morgan fingerprint density at radius 1 is 1.04 bits per heavy atom. The molecule has 6 heteroatoms. The summed E-state index contributed by atoms with van der Waals surface area (Å²) in [5.74, 6) is 0.450. The van der Waals surface area contributed by atoms with E-state index in [4.69, 9.17) is 4.74 Å². The summed E-state index contributed by atoms with van der Waals surface area (Å²) in [5, 5.41) is 6.14. The van der Waals surface area contributed by atoms with Crippen LogP contribution in [-0.4, -0.2) is 19.2 Å². The molecule has 3 aromatic carbocycles. The molecule has 0 aromatic heterocycles. The number of amides is 1. The Morgan fingerprint density at radius 2 is 1.72 bits per heavy atom. The highest BCUT2D eigenvalue weighted by Gasteiger charge is 2.07. The van der Waals surface area contributed by atoms with E-state index in [1.165, 1.54) is 0 Å². The zero-order chi connectivity index (χ0) is 17.8. The van der Waals surface area contributed by atoms with Crippen molar-refractivity contribution in [2.45, 2.75) is 0 Å². The van der Waals surface area contributed by atoms with Gasteiger partial charge < -0.3 is 4.74 Å². The van der Waals surface area contributed by atoms with Crippen LogP contribution in [-0.2, 0) is 0 Å². The van der Waals surface area contributed by atoms with Gasteiger partial charge in [-0.15, -0.1) is 0 Å². The first-order valence-corrected chi connectivity index (χ1v) is 9.02. The molecule has 0 heterocycles. The lowest BCUT2D eigenvalue weighted by Crippen LogP contribution is -2.17. The van der Waals surface area contributed by atoms with Gasteiger partial charge in [-0.3, -0.25) is 4.79 Å². The first kappa shape index (κ1) is 17.6. The van der Waals surface area contributed by atoms with Gasteiger partial charge in [0.25, 0.3) is 5.91 Å². The summed E-state index contributed by atoms with van der Waals surface area (Å²) < 4.78 is 6.85. The van der Waals surface area contributed by atoms with Gasteiger partial charge in [-0.1, -0.05) is 30.3 Å². The molecule has 0 spiro atoms. The summed E-state index contributed by atoms with van der Waals surface area (Å²) >= 11 is 6.87. The molecule has 3 rings (SSSR count). The van der Waals surface area contributed by atoms with Crippen molar-refractivity contribution < 1.29 is 9.53 Å². The van der Waals surface area contributed by atoms with Crippen LogP contribution in [0, 0.1) is 0 Å². The van der Waals surface area contributed by atoms with Crippen LogP contribution >= 0.6 is 31.9 Å². The number of fused-ring (bicyclic) bond motifs is 1. The molecule has 0 bridgehead atoms. The summed E-state index contributed by atoms with van der Waals surface area (Å²) in [6, 6.07) is 17.2. The number of methoxy groups -OCH3 is 1.